The number of rotatable bonds is 4. The average molecular weight is 470 g/mol. The van der Waals surface area contributed by atoms with Crippen molar-refractivity contribution in [2.45, 2.75) is 39.3 Å². The van der Waals surface area contributed by atoms with Crippen molar-refractivity contribution in [3.05, 3.63) is 65.6 Å². The van der Waals surface area contributed by atoms with Gasteiger partial charge in [-0.2, -0.15) is 0 Å². The number of aliphatic imine (C=N–C) groups is 1. The molecule has 2 fully saturated rings. The molecule has 1 aromatic heterocycles. The lowest BCUT2D eigenvalue weighted by Crippen LogP contribution is -2.47. The third-order valence-corrected chi connectivity index (χ3v) is 7.34. The molecule has 180 valence electrons. The van der Waals surface area contributed by atoms with Gasteiger partial charge in [-0.05, 0) is 62.2 Å². The number of nitrogens with zero attached hydrogens (tertiary/aromatic N) is 5. The summed E-state index contributed by atoms with van der Waals surface area (Å²) in [5.74, 6) is 0.720. The first-order chi connectivity index (χ1) is 16.9. The summed E-state index contributed by atoms with van der Waals surface area (Å²) in [5, 5.41) is 0.939. The van der Waals surface area contributed by atoms with Gasteiger partial charge < -0.3 is 9.64 Å². The van der Waals surface area contributed by atoms with E-state index in [1.165, 1.54) is 0 Å². The molecule has 1 amide bonds. The monoisotopic (exact) mass is 469 g/mol. The van der Waals surface area contributed by atoms with E-state index in [2.05, 4.69) is 37.9 Å². The molecule has 5 rings (SSSR count). The Kier molecular flexibility index (Phi) is 6.11. The van der Waals surface area contributed by atoms with E-state index < -0.39 is 0 Å². The fourth-order valence-electron chi connectivity index (χ4n) is 5.12. The van der Waals surface area contributed by atoms with Gasteiger partial charge in [-0.3, -0.25) is 9.69 Å². The highest BCUT2D eigenvalue weighted by Gasteiger charge is 2.43. The van der Waals surface area contributed by atoms with Crippen molar-refractivity contribution >= 4 is 28.3 Å². The molecule has 0 spiro atoms. The maximum absolute atomic E-state index is 13.6. The Hall–Kier alpha value is -3.58. The van der Waals surface area contributed by atoms with E-state index in [0.29, 0.717) is 18.0 Å². The van der Waals surface area contributed by atoms with Gasteiger partial charge in [0.15, 0.2) is 5.90 Å². The molecule has 7 heteroatoms. The average Bonchev–Trinajstić information content (AvgIpc) is 3.46. The van der Waals surface area contributed by atoms with Crippen LogP contribution in [0.15, 0.2) is 53.9 Å². The van der Waals surface area contributed by atoms with E-state index in [1.807, 2.05) is 51.1 Å². The molecule has 2 atom stereocenters. The minimum atomic E-state index is 0.120. The lowest BCUT2D eigenvalue weighted by atomic mass is 9.98. The Morgan fingerprint density at radius 3 is 2.66 bits per heavy atom. The topological polar surface area (TPSA) is 70.9 Å². The number of hydrogen-bond acceptors (Lipinski definition) is 6. The van der Waals surface area contributed by atoms with Gasteiger partial charge in [-0.25, -0.2) is 15.0 Å². The maximum Gasteiger partial charge on any atom is 0.254 e. The summed E-state index contributed by atoms with van der Waals surface area (Å²) < 4.78 is 5.13. The molecule has 7 nitrogen and oxygen atoms in total. The van der Waals surface area contributed by atoms with Gasteiger partial charge in [0.1, 0.15) is 6.33 Å². The number of ether oxygens (including phenoxy) is 1. The number of likely N-dealkylation sites (N-methyl/N-ethyl adjacent to an activating group) is 1. The smallest absolute Gasteiger partial charge is 0.254 e. The summed E-state index contributed by atoms with van der Waals surface area (Å²) >= 11 is 0. The number of allylic oxidation sites excluding steroid dienone is 1. The second kappa shape index (κ2) is 9.23. The van der Waals surface area contributed by atoms with Crippen LogP contribution in [0.4, 0.5) is 0 Å². The van der Waals surface area contributed by atoms with Crippen LogP contribution in [0.25, 0.3) is 27.7 Å². The fraction of sp³-hybridized carbons (Fsp3) is 0.357. The molecule has 0 radical (unpaired) electrons. The van der Waals surface area contributed by atoms with Gasteiger partial charge in [0.2, 0.25) is 0 Å². The number of benzene rings is 2. The van der Waals surface area contributed by atoms with E-state index in [-0.39, 0.29) is 5.91 Å². The second-order valence-corrected chi connectivity index (χ2v) is 9.59. The zero-order valence-electron chi connectivity index (χ0n) is 20.9. The number of carbonyl (C=O) groups excluding carboxylic acids is 1. The van der Waals surface area contributed by atoms with Crippen LogP contribution < -0.4 is 0 Å². The van der Waals surface area contributed by atoms with Crippen LogP contribution in [-0.4, -0.2) is 70.9 Å². The summed E-state index contributed by atoms with van der Waals surface area (Å²) in [6.45, 7) is 7.60. The first-order valence-electron chi connectivity index (χ1n) is 12.0. The Bertz CT molecular complexity index is 1360. The normalized spacial score (nSPS) is 20.7. The Balaban J connectivity index is 1.52. The molecule has 3 aromatic rings. The zero-order chi connectivity index (χ0) is 24.7. The number of carbonyl (C=O) groups is 1. The van der Waals surface area contributed by atoms with Crippen LogP contribution in [0.1, 0.15) is 41.8 Å². The Labute approximate surface area is 206 Å². The van der Waals surface area contributed by atoms with Crippen LogP contribution in [0, 0.1) is 6.92 Å². The predicted molar refractivity (Wildman–Crippen MR) is 139 cm³/mol. The van der Waals surface area contributed by atoms with Crippen LogP contribution in [-0.2, 0) is 4.74 Å². The summed E-state index contributed by atoms with van der Waals surface area (Å²) in [6, 6.07) is 13.0. The molecule has 2 aliphatic rings. The summed E-state index contributed by atoms with van der Waals surface area (Å²) in [4.78, 5) is 31.4. The summed E-state index contributed by atoms with van der Waals surface area (Å²) in [5.41, 5.74) is 6.36. The number of aryl methyl sites for hydroxylation is 1. The van der Waals surface area contributed by atoms with Crippen molar-refractivity contribution in [1.29, 1.82) is 0 Å². The predicted octanol–water partition coefficient (Wildman–Crippen LogP) is 4.56. The van der Waals surface area contributed by atoms with Gasteiger partial charge >= 0.3 is 0 Å². The van der Waals surface area contributed by atoms with Crippen LogP contribution in [0.2, 0.25) is 0 Å². The molecule has 2 aliphatic heterocycles. The van der Waals surface area contributed by atoms with E-state index in [1.54, 1.807) is 19.6 Å². The van der Waals surface area contributed by atoms with E-state index in [4.69, 9.17) is 4.74 Å². The van der Waals surface area contributed by atoms with Gasteiger partial charge in [0.25, 0.3) is 5.91 Å². The Morgan fingerprint density at radius 2 is 1.94 bits per heavy atom. The van der Waals surface area contributed by atoms with E-state index in [9.17, 15) is 4.79 Å². The molecule has 2 aromatic carbocycles. The van der Waals surface area contributed by atoms with Crippen LogP contribution in [0.5, 0.6) is 0 Å². The second-order valence-electron chi connectivity index (χ2n) is 9.59. The van der Waals surface area contributed by atoms with Crippen LogP contribution >= 0.6 is 0 Å². The SMILES string of the molecule is COC(C)=NC=C(C)c1ccc2ncnc(-c3ccc(C)c(C(=O)N4CC5CC4CN5C)c3)c2c1. The standard InChI is InChI=1S/C28H31N5O2/c1-17-6-7-21(11-24(17)28(34)33-15-22-12-23(33)14-32(22)4)27-25-10-20(8-9-26(25)30-16-31-27)18(2)13-29-19(3)35-5/h6-11,13,16,22-23H,12,14-15H2,1-5H3. The number of aromatic nitrogens is 2. The van der Waals surface area contributed by atoms with Gasteiger partial charge in [-0.1, -0.05) is 18.2 Å². The molecule has 35 heavy (non-hydrogen) atoms. The molecule has 0 aliphatic carbocycles. The van der Waals surface area contributed by atoms with Crippen molar-refractivity contribution in [3.8, 4) is 11.3 Å². The number of methoxy groups -OCH3 is 1. The first-order valence-corrected chi connectivity index (χ1v) is 12.0. The highest BCUT2D eigenvalue weighted by Crippen LogP contribution is 2.33. The lowest BCUT2D eigenvalue weighted by molar-refractivity contribution is 0.0650. The van der Waals surface area contributed by atoms with Crippen molar-refractivity contribution in [2.75, 3.05) is 27.2 Å². The highest BCUT2D eigenvalue weighted by molar-refractivity contribution is 5.99. The van der Waals surface area contributed by atoms with Gasteiger partial charge in [0, 0.05) is 54.8 Å². The zero-order valence-corrected chi connectivity index (χ0v) is 20.9. The minimum Gasteiger partial charge on any atom is -0.484 e. The summed E-state index contributed by atoms with van der Waals surface area (Å²) in [7, 11) is 3.75. The van der Waals surface area contributed by atoms with Crippen molar-refractivity contribution < 1.29 is 9.53 Å². The summed E-state index contributed by atoms with van der Waals surface area (Å²) in [6.07, 6.45) is 4.46. The molecule has 2 unspecified atom stereocenters. The number of hydrogen-bond donors (Lipinski definition) is 0. The van der Waals surface area contributed by atoms with E-state index in [0.717, 1.165) is 63.9 Å². The molecule has 0 saturated carbocycles. The minimum absolute atomic E-state index is 0.120. The van der Waals surface area contributed by atoms with Crippen molar-refractivity contribution in [3.63, 3.8) is 0 Å². The number of fused-ring (bicyclic) bond motifs is 3. The third-order valence-electron chi connectivity index (χ3n) is 7.34. The quantitative estimate of drug-likeness (QED) is 0.414. The van der Waals surface area contributed by atoms with E-state index >= 15 is 0 Å². The third kappa shape index (κ3) is 4.32. The first kappa shape index (κ1) is 23.2. The van der Waals surface area contributed by atoms with Crippen molar-refractivity contribution in [2.24, 2.45) is 4.99 Å². The highest BCUT2D eigenvalue weighted by atomic mass is 16.5. The number of piperazine rings is 1. The number of likely N-dealkylation sites (tertiary alicyclic amines) is 2. The maximum atomic E-state index is 13.6. The van der Waals surface area contributed by atoms with Crippen molar-refractivity contribution in [1.82, 2.24) is 19.8 Å². The van der Waals surface area contributed by atoms with Gasteiger partial charge in [0.05, 0.1) is 18.3 Å². The molecular weight excluding hydrogens is 438 g/mol. The fourth-order valence-corrected chi connectivity index (χ4v) is 5.12. The van der Waals surface area contributed by atoms with Gasteiger partial charge in [-0.15, -0.1) is 0 Å². The lowest BCUT2D eigenvalue weighted by Gasteiger charge is -2.32. The molecule has 0 N–H and O–H groups in total. The molecule has 2 bridgehead atoms. The van der Waals surface area contributed by atoms with Crippen LogP contribution in [0.3, 0.4) is 0 Å². The molecule has 3 heterocycles. The Morgan fingerprint density at radius 1 is 1.11 bits per heavy atom. The largest absolute Gasteiger partial charge is 0.484 e. The number of amides is 1. The molecule has 2 saturated heterocycles. The molecular formula is C28H31N5O2.